The first-order valence-corrected chi connectivity index (χ1v) is 12.2. The maximum Gasteiger partial charge on any atom is 0.163 e. The average molecular weight is 416 g/mol. The molecule has 1 unspecified atom stereocenters. The molecule has 30 heavy (non-hydrogen) atoms. The number of carbonyl (C=O) groups excluding carboxylic acids is 1. The summed E-state index contributed by atoms with van der Waals surface area (Å²) in [6.07, 6.45) is 10.3. The quantitative estimate of drug-likeness (QED) is 0.430. The van der Waals surface area contributed by atoms with Crippen molar-refractivity contribution < 1.29 is 4.79 Å². The van der Waals surface area contributed by atoms with Crippen LogP contribution in [-0.2, 0) is 6.42 Å². The van der Waals surface area contributed by atoms with E-state index in [9.17, 15) is 4.79 Å². The standard InChI is InChI=1S/C27H29NOS/c29-26(13-9-20-6-2-1-3-7-20)22-11-14-27-24(18-22)25(19-30-27)21-10-12-23-8-4-5-16-28(23)17-15-21/h1-3,6-7,11,14-15,18-19,23H,4-5,8-10,12-13,16-17H2. The summed E-state index contributed by atoms with van der Waals surface area (Å²) in [5.41, 5.74) is 4.91. The Balaban J connectivity index is 1.36. The monoisotopic (exact) mass is 415 g/mol. The molecule has 3 heteroatoms. The highest BCUT2D eigenvalue weighted by Gasteiger charge is 2.24. The Morgan fingerprint density at radius 3 is 2.87 bits per heavy atom. The summed E-state index contributed by atoms with van der Waals surface area (Å²) in [5.74, 6) is 0.241. The minimum absolute atomic E-state index is 0.241. The fourth-order valence-corrected chi connectivity index (χ4v) is 5.99. The molecule has 3 heterocycles. The highest BCUT2D eigenvalue weighted by molar-refractivity contribution is 7.17. The van der Waals surface area contributed by atoms with E-state index < -0.39 is 0 Å². The lowest BCUT2D eigenvalue weighted by Crippen LogP contribution is -2.38. The molecule has 154 valence electrons. The average Bonchev–Trinajstić information content (AvgIpc) is 3.10. The van der Waals surface area contributed by atoms with Crippen LogP contribution in [0, 0.1) is 0 Å². The Morgan fingerprint density at radius 2 is 1.97 bits per heavy atom. The van der Waals surface area contributed by atoms with Gasteiger partial charge < -0.3 is 0 Å². The first kappa shape index (κ1) is 19.7. The number of ketones is 1. The molecule has 2 nitrogen and oxygen atoms in total. The predicted octanol–water partition coefficient (Wildman–Crippen LogP) is 6.75. The zero-order chi connectivity index (χ0) is 20.3. The topological polar surface area (TPSA) is 20.3 Å². The van der Waals surface area contributed by atoms with Gasteiger partial charge in [-0.1, -0.05) is 42.8 Å². The summed E-state index contributed by atoms with van der Waals surface area (Å²) in [7, 11) is 0. The molecule has 0 bridgehead atoms. The number of hydrogen-bond acceptors (Lipinski definition) is 3. The van der Waals surface area contributed by atoms with Gasteiger partial charge in [-0.2, -0.15) is 0 Å². The molecule has 1 saturated heterocycles. The first-order chi connectivity index (χ1) is 14.8. The lowest BCUT2D eigenvalue weighted by molar-refractivity contribution is 0.0983. The fraction of sp³-hybridized carbons (Fsp3) is 0.370. The van der Waals surface area contributed by atoms with Gasteiger partial charge in [0.25, 0.3) is 0 Å². The van der Waals surface area contributed by atoms with Gasteiger partial charge in [-0.05, 0) is 78.9 Å². The second-order valence-corrected chi connectivity index (χ2v) is 9.59. The second kappa shape index (κ2) is 8.87. The van der Waals surface area contributed by atoms with E-state index in [4.69, 9.17) is 0 Å². The molecule has 1 aromatic heterocycles. The van der Waals surface area contributed by atoms with Crippen molar-refractivity contribution in [1.82, 2.24) is 4.90 Å². The third kappa shape index (κ3) is 4.14. The molecular formula is C27H29NOS. The smallest absolute Gasteiger partial charge is 0.163 e. The minimum Gasteiger partial charge on any atom is -0.297 e. The SMILES string of the molecule is O=C(CCc1ccccc1)c1ccc2scc(C3=CCN4CCCCC4CC3)c2c1. The van der Waals surface area contributed by atoms with Crippen molar-refractivity contribution in [1.29, 1.82) is 0 Å². The van der Waals surface area contributed by atoms with E-state index in [1.54, 1.807) is 11.3 Å². The van der Waals surface area contributed by atoms with Gasteiger partial charge >= 0.3 is 0 Å². The Kier molecular flexibility index (Phi) is 5.83. The van der Waals surface area contributed by atoms with Gasteiger partial charge in [0.1, 0.15) is 0 Å². The number of piperidine rings is 1. The molecule has 0 amide bonds. The van der Waals surface area contributed by atoms with Crippen molar-refractivity contribution in [3.05, 3.63) is 76.7 Å². The fourth-order valence-electron chi connectivity index (χ4n) is 5.02. The van der Waals surface area contributed by atoms with Gasteiger partial charge in [-0.15, -0.1) is 11.3 Å². The number of Topliss-reactive ketones (excluding diaryl/α,β-unsaturated/α-hetero) is 1. The largest absolute Gasteiger partial charge is 0.297 e. The summed E-state index contributed by atoms with van der Waals surface area (Å²) < 4.78 is 1.28. The van der Waals surface area contributed by atoms with E-state index in [0.717, 1.165) is 31.0 Å². The van der Waals surface area contributed by atoms with Gasteiger partial charge in [-0.3, -0.25) is 9.69 Å². The normalized spacial score (nSPS) is 19.9. The maximum absolute atomic E-state index is 12.9. The number of thiophene rings is 1. The third-order valence-corrected chi connectivity index (χ3v) is 7.76. The lowest BCUT2D eigenvalue weighted by Gasteiger charge is -2.33. The molecule has 5 rings (SSSR count). The van der Waals surface area contributed by atoms with Crippen LogP contribution in [0.5, 0.6) is 0 Å². The van der Waals surface area contributed by atoms with Crippen LogP contribution in [0.25, 0.3) is 15.7 Å². The number of rotatable bonds is 5. The number of allylic oxidation sites excluding steroid dienone is 1. The predicted molar refractivity (Wildman–Crippen MR) is 127 cm³/mol. The van der Waals surface area contributed by atoms with E-state index >= 15 is 0 Å². The van der Waals surface area contributed by atoms with Crippen molar-refractivity contribution in [3.8, 4) is 0 Å². The van der Waals surface area contributed by atoms with Crippen LogP contribution in [-0.4, -0.2) is 29.8 Å². The number of nitrogens with zero attached hydrogens (tertiary/aromatic N) is 1. The van der Waals surface area contributed by atoms with Gasteiger partial charge in [0.2, 0.25) is 0 Å². The second-order valence-electron chi connectivity index (χ2n) is 8.68. The molecule has 0 radical (unpaired) electrons. The Hall–Kier alpha value is -2.23. The van der Waals surface area contributed by atoms with Crippen LogP contribution < -0.4 is 0 Å². The molecule has 2 aromatic carbocycles. The van der Waals surface area contributed by atoms with Crippen molar-refractivity contribution in [2.75, 3.05) is 13.1 Å². The molecule has 0 saturated carbocycles. The van der Waals surface area contributed by atoms with E-state index in [0.29, 0.717) is 6.42 Å². The van der Waals surface area contributed by atoms with Crippen LogP contribution in [0.4, 0.5) is 0 Å². The molecule has 3 aromatic rings. The van der Waals surface area contributed by atoms with Gasteiger partial charge in [0.05, 0.1) is 0 Å². The minimum atomic E-state index is 0.241. The van der Waals surface area contributed by atoms with Gasteiger partial charge in [0.15, 0.2) is 5.78 Å². The number of carbonyl (C=O) groups is 1. The number of fused-ring (bicyclic) bond motifs is 2. The molecule has 1 fully saturated rings. The molecule has 0 aliphatic carbocycles. The number of benzene rings is 2. The summed E-state index contributed by atoms with van der Waals surface area (Å²) in [4.78, 5) is 15.5. The molecule has 2 aliphatic heterocycles. The van der Waals surface area contributed by atoms with Crippen LogP contribution >= 0.6 is 11.3 Å². The van der Waals surface area contributed by atoms with E-state index in [1.165, 1.54) is 59.0 Å². The van der Waals surface area contributed by atoms with Crippen LogP contribution in [0.3, 0.4) is 0 Å². The van der Waals surface area contributed by atoms with Crippen molar-refractivity contribution in [2.45, 2.75) is 51.0 Å². The Bertz CT molecular complexity index is 1060. The molecule has 2 aliphatic rings. The van der Waals surface area contributed by atoms with Crippen molar-refractivity contribution in [3.63, 3.8) is 0 Å². The maximum atomic E-state index is 12.9. The van der Waals surface area contributed by atoms with Crippen molar-refractivity contribution in [2.24, 2.45) is 0 Å². The molecule has 1 atom stereocenters. The number of aryl methyl sites for hydroxylation is 1. The Labute approximate surface area is 183 Å². The zero-order valence-corrected chi connectivity index (χ0v) is 18.3. The highest BCUT2D eigenvalue weighted by Crippen LogP contribution is 2.36. The molecule has 0 spiro atoms. The molecular weight excluding hydrogens is 386 g/mol. The van der Waals surface area contributed by atoms with Crippen LogP contribution in [0.1, 0.15) is 60.0 Å². The van der Waals surface area contributed by atoms with Crippen LogP contribution in [0.15, 0.2) is 60.0 Å². The van der Waals surface area contributed by atoms with Gasteiger partial charge in [-0.25, -0.2) is 0 Å². The molecule has 0 N–H and O–H groups in total. The summed E-state index contributed by atoms with van der Waals surface area (Å²) >= 11 is 1.80. The van der Waals surface area contributed by atoms with E-state index in [2.05, 4.69) is 40.6 Å². The third-order valence-electron chi connectivity index (χ3n) is 6.79. The first-order valence-electron chi connectivity index (χ1n) is 11.3. The summed E-state index contributed by atoms with van der Waals surface area (Å²) in [6, 6.07) is 17.3. The van der Waals surface area contributed by atoms with Gasteiger partial charge in [0, 0.05) is 34.7 Å². The van der Waals surface area contributed by atoms with Crippen molar-refractivity contribution >= 4 is 32.8 Å². The summed E-state index contributed by atoms with van der Waals surface area (Å²) in [6.45, 7) is 2.33. The number of hydrogen-bond donors (Lipinski definition) is 0. The van der Waals surface area contributed by atoms with E-state index in [-0.39, 0.29) is 5.78 Å². The summed E-state index contributed by atoms with van der Waals surface area (Å²) in [5, 5.41) is 3.57. The lowest BCUT2D eigenvalue weighted by atomic mass is 9.94. The Morgan fingerprint density at radius 1 is 1.07 bits per heavy atom. The van der Waals surface area contributed by atoms with Crippen LogP contribution in [0.2, 0.25) is 0 Å². The zero-order valence-electron chi connectivity index (χ0n) is 17.5. The highest BCUT2D eigenvalue weighted by atomic mass is 32.1. The van der Waals surface area contributed by atoms with E-state index in [1.807, 2.05) is 24.3 Å².